The summed E-state index contributed by atoms with van der Waals surface area (Å²) >= 11 is 1.75. The van der Waals surface area contributed by atoms with Crippen molar-refractivity contribution in [2.45, 2.75) is 39.2 Å². The molecule has 1 aliphatic carbocycles. The van der Waals surface area contributed by atoms with Gasteiger partial charge in [0.1, 0.15) is 0 Å². The molecule has 0 amide bonds. The smallest absolute Gasteiger partial charge is 0.185 e. The Morgan fingerprint density at radius 2 is 2.22 bits per heavy atom. The molecule has 1 saturated carbocycles. The van der Waals surface area contributed by atoms with Crippen LogP contribution in [-0.4, -0.2) is 31.3 Å². The third kappa shape index (κ3) is 3.22. The predicted octanol–water partition coefficient (Wildman–Crippen LogP) is 2.34. The number of nitrogens with zero attached hydrogens (tertiary/aromatic N) is 2. The summed E-state index contributed by atoms with van der Waals surface area (Å²) in [5.74, 6) is 0.680. The van der Waals surface area contributed by atoms with Gasteiger partial charge in [-0.1, -0.05) is 0 Å². The van der Waals surface area contributed by atoms with Crippen molar-refractivity contribution in [2.75, 3.05) is 31.2 Å². The first-order valence-corrected chi connectivity index (χ1v) is 7.64. The number of ether oxygens (including phenoxy) is 1. The number of likely N-dealkylation sites (N-methyl/N-ethyl adjacent to an activating group) is 1. The van der Waals surface area contributed by atoms with Gasteiger partial charge in [-0.15, -0.1) is 11.3 Å². The molecule has 1 fully saturated rings. The lowest BCUT2D eigenvalue weighted by Gasteiger charge is -2.19. The Labute approximate surface area is 113 Å². The van der Waals surface area contributed by atoms with Crippen molar-refractivity contribution in [3.05, 3.63) is 10.6 Å². The van der Waals surface area contributed by atoms with E-state index in [1.165, 1.54) is 23.4 Å². The summed E-state index contributed by atoms with van der Waals surface area (Å²) < 4.78 is 5.42. The SMILES string of the molecule is CCOCCN(CC)c1nc(C2CC2)c(CN)s1. The minimum Gasteiger partial charge on any atom is -0.380 e. The molecule has 5 heteroatoms. The fourth-order valence-electron chi connectivity index (χ4n) is 2.02. The van der Waals surface area contributed by atoms with E-state index in [1.807, 2.05) is 6.92 Å². The van der Waals surface area contributed by atoms with Crippen LogP contribution in [0, 0.1) is 0 Å². The second kappa shape index (κ2) is 6.50. The highest BCUT2D eigenvalue weighted by atomic mass is 32.1. The van der Waals surface area contributed by atoms with Crippen molar-refractivity contribution in [3.8, 4) is 0 Å². The molecule has 2 rings (SSSR count). The van der Waals surface area contributed by atoms with Crippen LogP contribution in [-0.2, 0) is 11.3 Å². The average molecular weight is 269 g/mol. The van der Waals surface area contributed by atoms with E-state index in [0.29, 0.717) is 12.5 Å². The van der Waals surface area contributed by atoms with E-state index in [0.717, 1.165) is 31.4 Å². The van der Waals surface area contributed by atoms with Crippen molar-refractivity contribution in [3.63, 3.8) is 0 Å². The standard InChI is InChI=1S/C13H23N3OS/c1-3-16(7-8-17-4-2)13-15-12(10-5-6-10)11(9-14)18-13/h10H,3-9,14H2,1-2H3. The monoisotopic (exact) mass is 269 g/mol. The second-order valence-electron chi connectivity index (χ2n) is 4.56. The van der Waals surface area contributed by atoms with Crippen LogP contribution in [0.25, 0.3) is 0 Å². The molecule has 0 spiro atoms. The molecule has 1 aromatic heterocycles. The third-order valence-corrected chi connectivity index (χ3v) is 4.38. The zero-order valence-corrected chi connectivity index (χ0v) is 12.1. The van der Waals surface area contributed by atoms with Gasteiger partial charge in [0.15, 0.2) is 5.13 Å². The van der Waals surface area contributed by atoms with Gasteiger partial charge >= 0.3 is 0 Å². The molecule has 1 aliphatic rings. The first-order chi connectivity index (χ1) is 8.80. The number of nitrogens with two attached hydrogens (primary N) is 1. The number of aromatic nitrogens is 1. The van der Waals surface area contributed by atoms with Crippen LogP contribution in [0.2, 0.25) is 0 Å². The van der Waals surface area contributed by atoms with Crippen molar-refractivity contribution < 1.29 is 4.74 Å². The van der Waals surface area contributed by atoms with Crippen molar-refractivity contribution in [2.24, 2.45) is 5.73 Å². The molecule has 1 aromatic rings. The molecular weight excluding hydrogens is 246 g/mol. The highest BCUT2D eigenvalue weighted by Gasteiger charge is 2.29. The number of rotatable bonds is 8. The molecule has 0 bridgehead atoms. The maximum absolute atomic E-state index is 5.82. The Kier molecular flexibility index (Phi) is 4.97. The van der Waals surface area contributed by atoms with Crippen LogP contribution in [0.4, 0.5) is 5.13 Å². The van der Waals surface area contributed by atoms with Crippen molar-refractivity contribution >= 4 is 16.5 Å². The lowest BCUT2D eigenvalue weighted by Crippen LogP contribution is -2.27. The summed E-state index contributed by atoms with van der Waals surface area (Å²) in [7, 11) is 0. The summed E-state index contributed by atoms with van der Waals surface area (Å²) in [5.41, 5.74) is 7.08. The summed E-state index contributed by atoms with van der Waals surface area (Å²) in [4.78, 5) is 8.35. The van der Waals surface area contributed by atoms with Gasteiger partial charge in [0.05, 0.1) is 12.3 Å². The van der Waals surface area contributed by atoms with Gasteiger partial charge in [-0.3, -0.25) is 0 Å². The maximum atomic E-state index is 5.82. The Morgan fingerprint density at radius 1 is 1.44 bits per heavy atom. The molecule has 0 unspecified atom stereocenters. The highest BCUT2D eigenvalue weighted by molar-refractivity contribution is 7.15. The molecule has 4 nitrogen and oxygen atoms in total. The molecule has 2 N–H and O–H groups in total. The summed E-state index contributed by atoms with van der Waals surface area (Å²) in [6, 6.07) is 0. The molecule has 18 heavy (non-hydrogen) atoms. The van der Waals surface area contributed by atoms with Gasteiger partial charge in [0.25, 0.3) is 0 Å². The topological polar surface area (TPSA) is 51.4 Å². The highest BCUT2D eigenvalue weighted by Crippen LogP contribution is 2.43. The summed E-state index contributed by atoms with van der Waals surface area (Å²) in [6.07, 6.45) is 2.56. The molecule has 0 radical (unpaired) electrons. The number of hydrogen-bond acceptors (Lipinski definition) is 5. The lowest BCUT2D eigenvalue weighted by atomic mass is 10.2. The van der Waals surface area contributed by atoms with E-state index in [1.54, 1.807) is 11.3 Å². The van der Waals surface area contributed by atoms with Gasteiger partial charge in [0, 0.05) is 37.0 Å². The van der Waals surface area contributed by atoms with Gasteiger partial charge < -0.3 is 15.4 Å². The fourth-order valence-corrected chi connectivity index (χ4v) is 3.13. The Bertz CT molecular complexity index is 376. The van der Waals surface area contributed by atoms with Crippen molar-refractivity contribution in [1.82, 2.24) is 4.98 Å². The Morgan fingerprint density at radius 3 is 2.78 bits per heavy atom. The Hall–Kier alpha value is -0.650. The largest absolute Gasteiger partial charge is 0.380 e. The summed E-state index contributed by atoms with van der Waals surface area (Å²) in [5, 5.41) is 1.11. The van der Waals surface area contributed by atoms with Gasteiger partial charge in [0.2, 0.25) is 0 Å². The number of hydrogen-bond donors (Lipinski definition) is 1. The van der Waals surface area contributed by atoms with Crippen LogP contribution in [0.5, 0.6) is 0 Å². The maximum Gasteiger partial charge on any atom is 0.185 e. The molecule has 0 aromatic carbocycles. The van der Waals surface area contributed by atoms with E-state index < -0.39 is 0 Å². The molecule has 102 valence electrons. The van der Waals surface area contributed by atoms with Gasteiger partial charge in [-0.2, -0.15) is 0 Å². The Balaban J connectivity index is 2.05. The van der Waals surface area contributed by atoms with E-state index in [9.17, 15) is 0 Å². The van der Waals surface area contributed by atoms with Crippen LogP contribution in [0.15, 0.2) is 0 Å². The van der Waals surface area contributed by atoms with Crippen molar-refractivity contribution in [1.29, 1.82) is 0 Å². The van der Waals surface area contributed by atoms with Gasteiger partial charge in [-0.05, 0) is 26.7 Å². The van der Waals surface area contributed by atoms with Crippen LogP contribution >= 0.6 is 11.3 Å². The van der Waals surface area contributed by atoms with Crippen LogP contribution in [0.3, 0.4) is 0 Å². The zero-order valence-electron chi connectivity index (χ0n) is 11.3. The fraction of sp³-hybridized carbons (Fsp3) is 0.769. The van der Waals surface area contributed by atoms with E-state index >= 15 is 0 Å². The van der Waals surface area contributed by atoms with Gasteiger partial charge in [-0.25, -0.2) is 4.98 Å². The second-order valence-corrected chi connectivity index (χ2v) is 5.62. The molecule has 0 atom stereocenters. The number of thiazole rings is 1. The quantitative estimate of drug-likeness (QED) is 0.736. The van der Waals surface area contributed by atoms with Crippen LogP contribution in [0.1, 0.15) is 43.2 Å². The molecular formula is C13H23N3OS. The molecule has 1 heterocycles. The van der Waals surface area contributed by atoms with E-state index in [2.05, 4.69) is 11.8 Å². The number of anilines is 1. The van der Waals surface area contributed by atoms with Crippen LogP contribution < -0.4 is 10.6 Å². The minimum atomic E-state index is 0.618. The molecule has 0 aliphatic heterocycles. The zero-order chi connectivity index (χ0) is 13.0. The van der Waals surface area contributed by atoms with E-state index in [4.69, 9.17) is 15.5 Å². The van der Waals surface area contributed by atoms with E-state index in [-0.39, 0.29) is 0 Å². The third-order valence-electron chi connectivity index (χ3n) is 3.23. The average Bonchev–Trinajstić information content (AvgIpc) is 3.15. The predicted molar refractivity (Wildman–Crippen MR) is 76.4 cm³/mol. The lowest BCUT2D eigenvalue weighted by molar-refractivity contribution is 0.154. The first-order valence-electron chi connectivity index (χ1n) is 6.82. The minimum absolute atomic E-state index is 0.618. The molecule has 0 saturated heterocycles. The first kappa shape index (κ1) is 13.8. The summed E-state index contributed by atoms with van der Waals surface area (Å²) in [6.45, 7) is 8.22. The normalized spacial score (nSPS) is 15.1.